The molecule has 0 atom stereocenters. The fourth-order valence-corrected chi connectivity index (χ4v) is 8.59. The second-order valence-corrected chi connectivity index (χ2v) is 20.8. The molecule has 58 heavy (non-hydrogen) atoms. The molecule has 1 heterocycles. The average Bonchev–Trinajstić information content (AvgIpc) is 3.29. The van der Waals surface area contributed by atoms with Crippen molar-refractivity contribution in [1.29, 1.82) is 0 Å². The normalized spacial score (nSPS) is 11.4. The van der Waals surface area contributed by atoms with Gasteiger partial charge >= 0.3 is 0 Å². The van der Waals surface area contributed by atoms with Gasteiger partial charge in [-0.05, 0) is 79.9 Å². The Kier molecular flexibility index (Phi) is 10.0. The molecule has 3 nitrogen and oxygen atoms in total. The first-order valence-electron chi connectivity index (χ1n) is 19.8. The zero-order chi connectivity index (χ0) is 39.5. The van der Waals surface area contributed by atoms with Crippen LogP contribution in [0.2, 0.25) is 19.6 Å². The molecule has 9 rings (SSSR count). The highest BCUT2D eigenvalue weighted by Crippen LogP contribution is 2.34. The zero-order valence-electron chi connectivity index (χ0n) is 33.0. The van der Waals surface area contributed by atoms with E-state index in [4.69, 9.17) is 15.0 Å². The first-order chi connectivity index (χ1) is 28.3. The highest BCUT2D eigenvalue weighted by atomic mass is 28.3. The van der Waals surface area contributed by atoms with Crippen molar-refractivity contribution in [3.8, 4) is 89.8 Å². The molecule has 0 aliphatic carbocycles. The van der Waals surface area contributed by atoms with Gasteiger partial charge in [-0.15, -0.1) is 0 Å². The molecule has 0 bridgehead atoms. The molecule has 0 aliphatic heterocycles. The molecule has 278 valence electrons. The summed E-state index contributed by atoms with van der Waals surface area (Å²) in [6.07, 6.45) is 0. The molecule has 0 aliphatic rings. The summed E-state index contributed by atoms with van der Waals surface area (Å²) in [6, 6.07) is 73.2. The molecule has 9 aromatic rings. The molecule has 1 aromatic heterocycles. The van der Waals surface area contributed by atoms with E-state index in [9.17, 15) is 0 Å². The molecule has 0 saturated heterocycles. The van der Waals surface area contributed by atoms with E-state index in [-0.39, 0.29) is 0 Å². The van der Waals surface area contributed by atoms with E-state index in [1.807, 2.05) is 36.4 Å². The number of hydrogen-bond donors (Lipinski definition) is 0. The van der Waals surface area contributed by atoms with E-state index < -0.39 is 8.07 Å². The fourth-order valence-electron chi connectivity index (χ4n) is 7.43. The van der Waals surface area contributed by atoms with Gasteiger partial charge in [0, 0.05) is 16.7 Å². The lowest BCUT2D eigenvalue weighted by Gasteiger charge is -2.17. The minimum atomic E-state index is -1.35. The predicted molar refractivity (Wildman–Crippen MR) is 246 cm³/mol. The molecule has 0 N–H and O–H groups in total. The number of nitrogens with zero attached hydrogens (tertiary/aromatic N) is 3. The first-order valence-corrected chi connectivity index (χ1v) is 23.3. The van der Waals surface area contributed by atoms with Crippen molar-refractivity contribution in [2.75, 3.05) is 0 Å². The van der Waals surface area contributed by atoms with E-state index in [0.29, 0.717) is 17.5 Å². The Morgan fingerprint density at radius 3 is 0.931 bits per heavy atom. The van der Waals surface area contributed by atoms with Crippen molar-refractivity contribution in [3.05, 3.63) is 206 Å². The molecule has 8 aromatic carbocycles. The second kappa shape index (κ2) is 15.9. The predicted octanol–water partition coefficient (Wildman–Crippen LogP) is 13.8. The summed E-state index contributed by atoms with van der Waals surface area (Å²) in [5.41, 5.74) is 14.6. The molecule has 0 unspecified atom stereocenters. The molecule has 0 radical (unpaired) electrons. The van der Waals surface area contributed by atoms with Gasteiger partial charge in [-0.25, -0.2) is 15.0 Å². The van der Waals surface area contributed by atoms with Crippen LogP contribution in [0.5, 0.6) is 0 Å². The van der Waals surface area contributed by atoms with E-state index in [2.05, 4.69) is 189 Å². The van der Waals surface area contributed by atoms with Crippen LogP contribution in [0, 0.1) is 0 Å². The minimum Gasteiger partial charge on any atom is -0.208 e. The van der Waals surface area contributed by atoms with Gasteiger partial charge in [-0.2, -0.15) is 0 Å². The number of hydrogen-bond acceptors (Lipinski definition) is 3. The van der Waals surface area contributed by atoms with Crippen LogP contribution in [0.4, 0.5) is 0 Å². The summed E-state index contributed by atoms with van der Waals surface area (Å²) in [5, 5.41) is 1.48. The van der Waals surface area contributed by atoms with Crippen molar-refractivity contribution in [2.45, 2.75) is 19.6 Å². The quantitative estimate of drug-likeness (QED) is 0.138. The van der Waals surface area contributed by atoms with Crippen molar-refractivity contribution in [2.24, 2.45) is 0 Å². The lowest BCUT2D eigenvalue weighted by molar-refractivity contribution is 1.07. The molecule has 0 spiro atoms. The lowest BCUT2D eigenvalue weighted by Crippen LogP contribution is -2.37. The zero-order valence-corrected chi connectivity index (χ0v) is 34.0. The van der Waals surface area contributed by atoms with Gasteiger partial charge in [-0.3, -0.25) is 0 Å². The largest absolute Gasteiger partial charge is 0.208 e. The van der Waals surface area contributed by atoms with Gasteiger partial charge in [0.05, 0.1) is 8.07 Å². The highest BCUT2D eigenvalue weighted by Gasteiger charge is 2.17. The molecule has 0 saturated carbocycles. The smallest absolute Gasteiger partial charge is 0.164 e. The van der Waals surface area contributed by atoms with Crippen LogP contribution in [0.1, 0.15) is 0 Å². The van der Waals surface area contributed by atoms with Crippen molar-refractivity contribution >= 4 is 13.3 Å². The molecule has 0 fully saturated rings. The summed E-state index contributed by atoms with van der Waals surface area (Å²) in [4.78, 5) is 15.0. The Balaban J connectivity index is 1.02. The summed E-state index contributed by atoms with van der Waals surface area (Å²) in [5.74, 6) is 1.92. The van der Waals surface area contributed by atoms with Crippen molar-refractivity contribution in [3.63, 3.8) is 0 Å². The fraction of sp³-hybridized carbons (Fsp3) is 0.0556. The van der Waals surface area contributed by atoms with Crippen LogP contribution in [0.15, 0.2) is 206 Å². The van der Waals surface area contributed by atoms with Crippen LogP contribution < -0.4 is 5.19 Å². The highest BCUT2D eigenvalue weighted by molar-refractivity contribution is 6.88. The second-order valence-electron chi connectivity index (χ2n) is 15.8. The maximum absolute atomic E-state index is 5.06. The Morgan fingerprint density at radius 2 is 0.500 bits per heavy atom. The standard InChI is InChI=1S/C54H43N3Si/c1-58(2,3)51-32-30-40(31-33-51)43-18-10-19-44(34-43)45-20-11-21-46(35-45)47-22-12-23-48(36-47)49-24-13-25-50(37-49)54-56-52(41-16-8-5-9-17-41)55-53(57-54)42-28-26-39(27-29-42)38-14-6-4-7-15-38/h4-37H,1-3H3. The summed E-state index contributed by atoms with van der Waals surface area (Å²) < 4.78 is 0. The van der Waals surface area contributed by atoms with E-state index >= 15 is 0 Å². The monoisotopic (exact) mass is 761 g/mol. The SMILES string of the molecule is C[Si](C)(C)c1ccc(-c2cccc(-c3cccc(-c4cccc(-c5cccc(-c6nc(-c7ccccc7)nc(-c7ccc(-c8ccccc8)cc7)n6)c5)c4)c3)c2)cc1. The third kappa shape index (κ3) is 7.97. The van der Waals surface area contributed by atoms with Crippen molar-refractivity contribution < 1.29 is 0 Å². The Labute approximate surface area is 342 Å². The van der Waals surface area contributed by atoms with E-state index in [1.165, 1.54) is 38.6 Å². The van der Waals surface area contributed by atoms with Crippen LogP contribution in [0.25, 0.3) is 89.8 Å². The minimum absolute atomic E-state index is 0.635. The van der Waals surface area contributed by atoms with E-state index in [0.717, 1.165) is 38.9 Å². The van der Waals surface area contributed by atoms with Gasteiger partial charge in [0.15, 0.2) is 17.5 Å². The summed E-state index contributed by atoms with van der Waals surface area (Å²) in [7, 11) is -1.35. The van der Waals surface area contributed by atoms with Gasteiger partial charge in [0.25, 0.3) is 0 Å². The Bertz CT molecular complexity index is 2840. The number of aromatic nitrogens is 3. The lowest BCUT2D eigenvalue weighted by atomic mass is 9.94. The maximum atomic E-state index is 5.06. The van der Waals surface area contributed by atoms with Crippen LogP contribution in [-0.4, -0.2) is 23.0 Å². The van der Waals surface area contributed by atoms with Crippen LogP contribution in [-0.2, 0) is 0 Å². The summed E-state index contributed by atoms with van der Waals surface area (Å²) >= 11 is 0. The average molecular weight is 762 g/mol. The number of benzene rings is 8. The third-order valence-electron chi connectivity index (χ3n) is 10.7. The Hall–Kier alpha value is -7.01. The van der Waals surface area contributed by atoms with E-state index in [1.54, 1.807) is 0 Å². The Morgan fingerprint density at radius 1 is 0.241 bits per heavy atom. The van der Waals surface area contributed by atoms with Crippen molar-refractivity contribution in [1.82, 2.24) is 15.0 Å². The molecular formula is C54H43N3Si. The first kappa shape index (κ1) is 36.6. The maximum Gasteiger partial charge on any atom is 0.164 e. The topological polar surface area (TPSA) is 38.7 Å². The molecule has 4 heteroatoms. The molecule has 0 amide bonds. The van der Waals surface area contributed by atoms with Gasteiger partial charge in [0.1, 0.15) is 0 Å². The van der Waals surface area contributed by atoms with Gasteiger partial charge in [0.2, 0.25) is 0 Å². The molecular weight excluding hydrogens is 719 g/mol. The van der Waals surface area contributed by atoms with Crippen LogP contribution >= 0.6 is 0 Å². The van der Waals surface area contributed by atoms with Gasteiger partial charge < -0.3 is 0 Å². The van der Waals surface area contributed by atoms with Crippen LogP contribution in [0.3, 0.4) is 0 Å². The summed E-state index contributed by atoms with van der Waals surface area (Å²) in [6.45, 7) is 7.18. The third-order valence-corrected chi connectivity index (χ3v) is 12.8. The van der Waals surface area contributed by atoms with Gasteiger partial charge in [-0.1, -0.05) is 207 Å². The number of rotatable bonds is 9.